The van der Waals surface area contributed by atoms with Crippen LogP contribution in [-0.2, 0) is 11.2 Å². The second-order valence-electron chi connectivity index (χ2n) is 5.85. The van der Waals surface area contributed by atoms with E-state index >= 15 is 0 Å². The lowest BCUT2D eigenvalue weighted by molar-refractivity contribution is -0.121. The highest BCUT2D eigenvalue weighted by Crippen LogP contribution is 2.30. The first-order valence-corrected chi connectivity index (χ1v) is 9.69. The Balaban J connectivity index is 1.96. The monoisotopic (exact) mass is 350 g/mol. The average Bonchev–Trinajstić information content (AvgIpc) is 2.56. The van der Waals surface area contributed by atoms with Crippen molar-refractivity contribution in [2.45, 2.75) is 51.3 Å². The van der Waals surface area contributed by atoms with Crippen LogP contribution in [0.1, 0.15) is 50.8 Å². The van der Waals surface area contributed by atoms with Gasteiger partial charge in [-0.1, -0.05) is 48.2 Å². The van der Waals surface area contributed by atoms with Gasteiger partial charge in [0.05, 0.1) is 11.3 Å². The molecular weight excluding hydrogens is 324 g/mol. The average molecular weight is 351 g/mol. The number of carbonyl (C=O) groups excluding carboxylic acids is 1. The molecule has 0 spiro atoms. The number of benzene rings is 1. The number of fused-ring (bicyclic) bond motifs is 1. The van der Waals surface area contributed by atoms with Gasteiger partial charge < -0.3 is 10.2 Å². The lowest BCUT2D eigenvalue weighted by Gasteiger charge is -2.28. The van der Waals surface area contributed by atoms with E-state index < -0.39 is 0 Å². The van der Waals surface area contributed by atoms with Crippen molar-refractivity contribution in [3.8, 4) is 0 Å². The van der Waals surface area contributed by atoms with Gasteiger partial charge >= 0.3 is 0 Å². The Morgan fingerprint density at radius 2 is 2.09 bits per heavy atom. The molecule has 23 heavy (non-hydrogen) atoms. The Morgan fingerprint density at radius 3 is 2.78 bits per heavy atom. The van der Waals surface area contributed by atoms with E-state index in [1.165, 1.54) is 22.9 Å². The number of rotatable bonds is 5. The van der Waals surface area contributed by atoms with E-state index in [4.69, 9.17) is 12.2 Å². The molecule has 1 amide bonds. The van der Waals surface area contributed by atoms with Gasteiger partial charge in [0.25, 0.3) is 0 Å². The van der Waals surface area contributed by atoms with E-state index in [1.54, 1.807) is 0 Å². The first kappa shape index (κ1) is 18.3. The summed E-state index contributed by atoms with van der Waals surface area (Å²) in [6, 6.07) is 8.57. The molecule has 1 N–H and O–H groups in total. The number of hydrogen-bond acceptors (Lipinski definition) is 3. The normalized spacial score (nSPS) is 18.0. The van der Waals surface area contributed by atoms with Crippen molar-refractivity contribution in [2.75, 3.05) is 13.1 Å². The zero-order valence-corrected chi connectivity index (χ0v) is 15.8. The Morgan fingerprint density at radius 1 is 1.39 bits per heavy atom. The fraction of sp³-hybridized carbons (Fsp3) is 0.556. The number of amides is 1. The topological polar surface area (TPSA) is 32.3 Å². The molecule has 1 aliphatic rings. The van der Waals surface area contributed by atoms with E-state index in [2.05, 4.69) is 48.3 Å². The first-order chi connectivity index (χ1) is 11.1. The van der Waals surface area contributed by atoms with Crippen LogP contribution in [0.25, 0.3) is 0 Å². The third-order valence-electron chi connectivity index (χ3n) is 4.35. The van der Waals surface area contributed by atoms with Crippen LogP contribution in [0, 0.1) is 0 Å². The summed E-state index contributed by atoms with van der Waals surface area (Å²) in [5.74, 6) is 0.0752. The van der Waals surface area contributed by atoms with Crippen molar-refractivity contribution in [1.29, 1.82) is 0 Å². The predicted molar refractivity (Wildman–Crippen MR) is 103 cm³/mol. The molecule has 2 rings (SSSR count). The summed E-state index contributed by atoms with van der Waals surface area (Å²) in [4.78, 5) is 14.7. The molecule has 1 aromatic carbocycles. The van der Waals surface area contributed by atoms with Gasteiger partial charge in [0.15, 0.2) is 0 Å². The number of aryl methyl sites for hydroxylation is 1. The third kappa shape index (κ3) is 4.70. The molecule has 5 heteroatoms. The molecule has 0 aliphatic heterocycles. The molecule has 0 unspecified atom stereocenters. The van der Waals surface area contributed by atoms with Crippen molar-refractivity contribution in [1.82, 2.24) is 10.2 Å². The second-order valence-corrected chi connectivity index (χ2v) is 7.83. The van der Waals surface area contributed by atoms with Crippen LogP contribution < -0.4 is 5.32 Å². The fourth-order valence-corrected chi connectivity index (χ4v) is 4.53. The van der Waals surface area contributed by atoms with Crippen LogP contribution in [0.3, 0.4) is 0 Å². The molecule has 3 nitrogen and oxygen atoms in total. The van der Waals surface area contributed by atoms with Gasteiger partial charge in [0.1, 0.15) is 4.32 Å². The maximum atomic E-state index is 12.5. The molecule has 0 fully saturated rings. The second kappa shape index (κ2) is 8.69. The maximum Gasteiger partial charge on any atom is 0.233 e. The van der Waals surface area contributed by atoms with Crippen LogP contribution >= 0.6 is 24.0 Å². The van der Waals surface area contributed by atoms with E-state index in [0.29, 0.717) is 0 Å². The molecule has 0 saturated heterocycles. The van der Waals surface area contributed by atoms with Crippen LogP contribution in [0.2, 0.25) is 0 Å². The van der Waals surface area contributed by atoms with Crippen LogP contribution in [0.4, 0.5) is 0 Å². The van der Waals surface area contributed by atoms with Crippen LogP contribution in [-0.4, -0.2) is 33.5 Å². The zero-order valence-electron chi connectivity index (χ0n) is 14.2. The zero-order chi connectivity index (χ0) is 16.8. The van der Waals surface area contributed by atoms with E-state index in [1.807, 2.05) is 6.92 Å². The largest absolute Gasteiger partial charge is 0.358 e. The predicted octanol–water partition coefficient (Wildman–Crippen LogP) is 3.93. The minimum Gasteiger partial charge on any atom is -0.358 e. The minimum absolute atomic E-state index is 0.0752. The van der Waals surface area contributed by atoms with Crippen molar-refractivity contribution in [3.63, 3.8) is 0 Å². The number of nitrogens with zero attached hydrogens (tertiary/aromatic N) is 1. The van der Waals surface area contributed by atoms with E-state index in [9.17, 15) is 4.79 Å². The van der Waals surface area contributed by atoms with Gasteiger partial charge in [-0.25, -0.2) is 0 Å². The quantitative estimate of drug-likeness (QED) is 0.816. The molecule has 0 radical (unpaired) electrons. The summed E-state index contributed by atoms with van der Waals surface area (Å²) in [5.41, 5.74) is 2.64. The Bertz CT molecular complexity index is 558. The lowest BCUT2D eigenvalue weighted by Crippen LogP contribution is -2.37. The first-order valence-electron chi connectivity index (χ1n) is 8.40. The van der Waals surface area contributed by atoms with Crippen molar-refractivity contribution in [2.24, 2.45) is 0 Å². The van der Waals surface area contributed by atoms with Crippen LogP contribution in [0.15, 0.2) is 24.3 Å². The fourth-order valence-electron chi connectivity index (χ4n) is 2.95. The Kier molecular flexibility index (Phi) is 6.90. The van der Waals surface area contributed by atoms with Gasteiger partial charge in [-0.2, -0.15) is 0 Å². The molecule has 1 aliphatic carbocycles. The summed E-state index contributed by atoms with van der Waals surface area (Å²) < 4.78 is 0.807. The Hall–Kier alpha value is -1.07. The van der Waals surface area contributed by atoms with Gasteiger partial charge in [-0.15, -0.1) is 0 Å². The van der Waals surface area contributed by atoms with Gasteiger partial charge in [0, 0.05) is 13.1 Å². The highest BCUT2D eigenvalue weighted by molar-refractivity contribution is 8.23. The number of nitrogens with one attached hydrogen (secondary N) is 1. The molecule has 1 aromatic rings. The molecule has 0 heterocycles. The van der Waals surface area contributed by atoms with Gasteiger partial charge in [-0.3, -0.25) is 4.79 Å². The summed E-state index contributed by atoms with van der Waals surface area (Å²) >= 11 is 6.93. The SMILES string of the molecule is CCN(CC)C(=S)S[C@H](C)C(=O)N[C@@H]1CCCc2ccccc21. The molecule has 2 atom stereocenters. The number of carbonyl (C=O) groups is 1. The molecule has 0 saturated carbocycles. The van der Waals surface area contributed by atoms with E-state index in [0.717, 1.165) is 36.7 Å². The standard InChI is InChI=1S/C18H26N2OS2/c1-4-20(5-2)18(22)23-13(3)17(21)19-16-12-8-10-14-9-6-7-11-15(14)16/h6-7,9,11,13,16H,4-5,8,10,12H2,1-3H3,(H,19,21)/t13-,16-/m1/s1. The Labute approximate surface area is 149 Å². The molecule has 0 bridgehead atoms. The number of thioether (sulfide) groups is 1. The summed E-state index contributed by atoms with van der Waals surface area (Å²) in [6.07, 6.45) is 3.25. The number of hydrogen-bond donors (Lipinski definition) is 1. The summed E-state index contributed by atoms with van der Waals surface area (Å²) in [7, 11) is 0. The van der Waals surface area contributed by atoms with Gasteiger partial charge in [-0.05, 0) is 51.2 Å². The van der Waals surface area contributed by atoms with E-state index in [-0.39, 0.29) is 17.2 Å². The van der Waals surface area contributed by atoms with Gasteiger partial charge in [0.2, 0.25) is 5.91 Å². The molecule has 0 aromatic heterocycles. The smallest absolute Gasteiger partial charge is 0.233 e. The van der Waals surface area contributed by atoms with Crippen molar-refractivity contribution >= 4 is 34.2 Å². The lowest BCUT2D eigenvalue weighted by atomic mass is 9.88. The maximum absolute atomic E-state index is 12.5. The van der Waals surface area contributed by atoms with Crippen molar-refractivity contribution in [3.05, 3.63) is 35.4 Å². The highest BCUT2D eigenvalue weighted by atomic mass is 32.2. The molecular formula is C18H26N2OS2. The third-order valence-corrected chi connectivity index (χ3v) is 5.93. The summed E-state index contributed by atoms with van der Waals surface area (Å²) in [5, 5.41) is 3.05. The van der Waals surface area contributed by atoms with Crippen molar-refractivity contribution < 1.29 is 4.79 Å². The molecule has 126 valence electrons. The summed E-state index contributed by atoms with van der Waals surface area (Å²) in [6.45, 7) is 7.87. The number of thiocarbonyl (C=S) groups is 1. The van der Waals surface area contributed by atoms with Crippen LogP contribution in [0.5, 0.6) is 0 Å². The minimum atomic E-state index is -0.169. The highest BCUT2D eigenvalue weighted by Gasteiger charge is 2.25.